The van der Waals surface area contributed by atoms with Crippen molar-refractivity contribution in [2.75, 3.05) is 19.6 Å². The van der Waals surface area contributed by atoms with Gasteiger partial charge in [0.05, 0.1) is 12.0 Å². The molecule has 114 valence electrons. The minimum atomic E-state index is 0.154. The Morgan fingerprint density at radius 3 is 2.60 bits per heavy atom. The first-order chi connectivity index (χ1) is 9.48. The van der Waals surface area contributed by atoms with Crippen LogP contribution in [0, 0.1) is 5.92 Å². The number of aromatic nitrogens is 2. The lowest BCUT2D eigenvalue weighted by Crippen LogP contribution is -2.36. The lowest BCUT2D eigenvalue weighted by Gasteiger charge is -2.31. The molecule has 0 spiro atoms. The van der Waals surface area contributed by atoms with Crippen molar-refractivity contribution in [2.24, 2.45) is 5.92 Å². The Balaban J connectivity index is 1.86. The summed E-state index contributed by atoms with van der Waals surface area (Å²) in [6, 6.07) is 0. The predicted octanol–water partition coefficient (Wildman–Crippen LogP) is 2.50. The highest BCUT2D eigenvalue weighted by Crippen LogP contribution is 2.19. The second kappa shape index (κ2) is 6.72. The van der Waals surface area contributed by atoms with Crippen LogP contribution in [0.5, 0.6) is 0 Å². The molecule has 2 heterocycles. The smallest absolute Gasteiger partial charge is 0.0948 e. The highest BCUT2D eigenvalue weighted by Gasteiger charge is 2.19. The maximum absolute atomic E-state index is 4.33. The van der Waals surface area contributed by atoms with Gasteiger partial charge in [0, 0.05) is 24.8 Å². The lowest BCUT2D eigenvalue weighted by molar-refractivity contribution is 0.180. The Kier molecular flexibility index (Phi) is 5.22. The average molecular weight is 278 g/mol. The topological polar surface area (TPSA) is 33.1 Å². The van der Waals surface area contributed by atoms with Crippen LogP contribution in [-0.4, -0.2) is 39.6 Å². The minimum absolute atomic E-state index is 0.154. The number of piperidine rings is 1. The van der Waals surface area contributed by atoms with Crippen molar-refractivity contribution in [3.63, 3.8) is 0 Å². The van der Waals surface area contributed by atoms with E-state index in [0.29, 0.717) is 0 Å². The van der Waals surface area contributed by atoms with Gasteiger partial charge in [-0.05, 0) is 59.2 Å². The monoisotopic (exact) mass is 278 g/mol. The van der Waals surface area contributed by atoms with E-state index in [1.165, 1.54) is 38.2 Å². The third-order valence-corrected chi connectivity index (χ3v) is 4.21. The van der Waals surface area contributed by atoms with Gasteiger partial charge in [-0.15, -0.1) is 0 Å². The van der Waals surface area contributed by atoms with E-state index in [0.717, 1.165) is 19.0 Å². The zero-order valence-corrected chi connectivity index (χ0v) is 13.5. The van der Waals surface area contributed by atoms with E-state index in [1.807, 2.05) is 12.5 Å². The van der Waals surface area contributed by atoms with Crippen molar-refractivity contribution in [3.8, 4) is 0 Å². The minimum Gasteiger partial charge on any atom is -0.333 e. The number of rotatable bonds is 5. The molecular formula is C16H30N4. The molecule has 1 aliphatic heterocycles. The fraction of sp³-hybridized carbons (Fsp3) is 0.812. The third kappa shape index (κ3) is 4.60. The van der Waals surface area contributed by atoms with Crippen LogP contribution in [0.3, 0.4) is 0 Å². The zero-order chi connectivity index (χ0) is 14.6. The summed E-state index contributed by atoms with van der Waals surface area (Å²) in [4.78, 5) is 6.88. The number of likely N-dealkylation sites (tertiary alicyclic amines) is 1. The number of nitrogens with zero attached hydrogens (tertiary/aromatic N) is 3. The van der Waals surface area contributed by atoms with Gasteiger partial charge in [0.2, 0.25) is 0 Å². The number of hydrogen-bond acceptors (Lipinski definition) is 3. The van der Waals surface area contributed by atoms with Crippen LogP contribution in [0.25, 0.3) is 0 Å². The average Bonchev–Trinajstić information content (AvgIpc) is 2.84. The Morgan fingerprint density at radius 1 is 1.30 bits per heavy atom. The van der Waals surface area contributed by atoms with Crippen molar-refractivity contribution in [3.05, 3.63) is 18.2 Å². The fourth-order valence-corrected chi connectivity index (χ4v) is 2.78. The summed E-state index contributed by atoms with van der Waals surface area (Å²) < 4.78 is 2.34. The second-order valence-electron chi connectivity index (χ2n) is 7.02. The quantitative estimate of drug-likeness (QED) is 0.898. The molecule has 0 aromatic carbocycles. The van der Waals surface area contributed by atoms with E-state index in [4.69, 9.17) is 0 Å². The highest BCUT2D eigenvalue weighted by atomic mass is 15.1. The first-order valence-electron chi connectivity index (χ1n) is 7.94. The van der Waals surface area contributed by atoms with Crippen LogP contribution in [0.15, 0.2) is 12.5 Å². The first kappa shape index (κ1) is 15.5. The lowest BCUT2D eigenvalue weighted by atomic mass is 9.96. The molecule has 1 aliphatic rings. The molecule has 0 saturated carbocycles. The largest absolute Gasteiger partial charge is 0.333 e. The highest BCUT2D eigenvalue weighted by molar-refractivity contribution is 4.99. The zero-order valence-electron chi connectivity index (χ0n) is 13.5. The van der Waals surface area contributed by atoms with Crippen LogP contribution in [0.1, 0.15) is 46.2 Å². The number of hydrogen-bond donors (Lipinski definition) is 1. The Morgan fingerprint density at radius 2 is 2.00 bits per heavy atom. The van der Waals surface area contributed by atoms with Crippen LogP contribution in [0.4, 0.5) is 0 Å². The Labute approximate surface area is 123 Å². The molecule has 20 heavy (non-hydrogen) atoms. The summed E-state index contributed by atoms with van der Waals surface area (Å²) in [6.07, 6.45) is 6.63. The molecule has 0 bridgehead atoms. The fourth-order valence-electron chi connectivity index (χ4n) is 2.78. The second-order valence-corrected chi connectivity index (χ2v) is 7.02. The number of imidazole rings is 1. The summed E-state index contributed by atoms with van der Waals surface area (Å²) in [5.41, 5.74) is 1.46. The molecular weight excluding hydrogens is 248 g/mol. The normalized spacial score (nSPS) is 18.6. The van der Waals surface area contributed by atoms with Crippen LogP contribution >= 0.6 is 0 Å². The summed E-state index contributed by atoms with van der Waals surface area (Å²) in [5.74, 6) is 0.806. The molecule has 0 atom stereocenters. The Bertz CT molecular complexity index is 397. The summed E-state index contributed by atoms with van der Waals surface area (Å²) >= 11 is 0. The molecule has 1 aromatic rings. The number of nitrogens with one attached hydrogen (secondary N) is 1. The molecule has 0 amide bonds. The molecule has 2 rings (SSSR count). The van der Waals surface area contributed by atoms with E-state index in [2.05, 4.69) is 47.5 Å². The summed E-state index contributed by atoms with van der Waals surface area (Å²) in [5, 5.41) is 3.55. The van der Waals surface area contributed by atoms with E-state index in [9.17, 15) is 0 Å². The first-order valence-corrected chi connectivity index (χ1v) is 7.94. The predicted molar refractivity (Wildman–Crippen MR) is 83.7 cm³/mol. The summed E-state index contributed by atoms with van der Waals surface area (Å²) in [6.45, 7) is 14.6. The van der Waals surface area contributed by atoms with Crippen molar-refractivity contribution < 1.29 is 0 Å². The van der Waals surface area contributed by atoms with Crippen molar-refractivity contribution in [1.82, 2.24) is 19.8 Å². The van der Waals surface area contributed by atoms with Gasteiger partial charge >= 0.3 is 0 Å². The Hall–Kier alpha value is -0.870. The van der Waals surface area contributed by atoms with Gasteiger partial charge in [-0.25, -0.2) is 4.98 Å². The third-order valence-electron chi connectivity index (χ3n) is 4.21. The van der Waals surface area contributed by atoms with E-state index < -0.39 is 0 Å². The molecule has 0 radical (unpaired) electrons. The standard InChI is InChI=1S/C16H30N4/c1-5-19-8-6-14(7-9-19)12-20-13-17-10-15(20)11-18-16(2,3)4/h10,13-14,18H,5-9,11-12H2,1-4H3. The van der Waals surface area contributed by atoms with Gasteiger partial charge in [0.15, 0.2) is 0 Å². The molecule has 1 N–H and O–H groups in total. The van der Waals surface area contributed by atoms with Gasteiger partial charge in [0.25, 0.3) is 0 Å². The molecule has 0 unspecified atom stereocenters. The summed E-state index contributed by atoms with van der Waals surface area (Å²) in [7, 11) is 0. The van der Waals surface area contributed by atoms with Gasteiger partial charge < -0.3 is 14.8 Å². The molecule has 1 aromatic heterocycles. The maximum atomic E-state index is 4.33. The van der Waals surface area contributed by atoms with Gasteiger partial charge in [-0.2, -0.15) is 0 Å². The van der Waals surface area contributed by atoms with Crippen LogP contribution in [-0.2, 0) is 13.1 Å². The van der Waals surface area contributed by atoms with Crippen LogP contribution in [0.2, 0.25) is 0 Å². The van der Waals surface area contributed by atoms with Crippen LogP contribution < -0.4 is 5.32 Å². The molecule has 1 saturated heterocycles. The van der Waals surface area contributed by atoms with E-state index >= 15 is 0 Å². The maximum Gasteiger partial charge on any atom is 0.0948 e. The van der Waals surface area contributed by atoms with Gasteiger partial charge in [-0.3, -0.25) is 0 Å². The molecule has 4 heteroatoms. The van der Waals surface area contributed by atoms with E-state index in [1.54, 1.807) is 0 Å². The molecule has 0 aliphatic carbocycles. The van der Waals surface area contributed by atoms with Crippen molar-refractivity contribution >= 4 is 0 Å². The van der Waals surface area contributed by atoms with Crippen molar-refractivity contribution in [1.29, 1.82) is 0 Å². The SMILES string of the molecule is CCN1CCC(Cn2cncc2CNC(C)(C)C)CC1. The molecule has 1 fully saturated rings. The van der Waals surface area contributed by atoms with Crippen molar-refractivity contribution in [2.45, 2.75) is 59.2 Å². The van der Waals surface area contributed by atoms with Gasteiger partial charge in [-0.1, -0.05) is 6.92 Å². The van der Waals surface area contributed by atoms with Gasteiger partial charge in [0.1, 0.15) is 0 Å². The molecule has 4 nitrogen and oxygen atoms in total. The van der Waals surface area contributed by atoms with E-state index in [-0.39, 0.29) is 5.54 Å².